The van der Waals surface area contributed by atoms with Gasteiger partial charge in [0.05, 0.1) is 5.56 Å². The molecule has 15 heavy (non-hydrogen) atoms. The summed E-state index contributed by atoms with van der Waals surface area (Å²) in [6.07, 6.45) is 2.48. The Bertz CT molecular complexity index is 363. The van der Waals surface area contributed by atoms with E-state index in [9.17, 15) is 4.79 Å². The number of benzene rings is 1. The molecule has 0 unspecified atom stereocenters. The van der Waals surface area contributed by atoms with Crippen molar-refractivity contribution in [1.29, 1.82) is 0 Å². The highest BCUT2D eigenvalue weighted by atomic mass is 16.1. The number of nitrogen functional groups attached to an aromatic ring is 1. The average Bonchev–Trinajstić information content (AvgIpc) is 2.97. The Balaban J connectivity index is 2.09. The molecule has 80 valence electrons. The Morgan fingerprint density at radius 3 is 2.87 bits per heavy atom. The Morgan fingerprint density at radius 1 is 1.53 bits per heavy atom. The number of nitrogens with two attached hydrogens (primary N) is 1. The molecule has 0 saturated heterocycles. The highest BCUT2D eigenvalue weighted by molar-refractivity contribution is 6.00. The van der Waals surface area contributed by atoms with Gasteiger partial charge in [-0.25, -0.2) is 0 Å². The Morgan fingerprint density at radius 2 is 2.27 bits per heavy atom. The fourth-order valence-electron chi connectivity index (χ4n) is 1.65. The van der Waals surface area contributed by atoms with Gasteiger partial charge in [0.15, 0.2) is 0 Å². The molecule has 1 amide bonds. The van der Waals surface area contributed by atoms with Crippen LogP contribution in [0.2, 0.25) is 0 Å². The molecule has 1 aromatic carbocycles. The molecule has 3 N–H and O–H groups in total. The topological polar surface area (TPSA) is 55.1 Å². The smallest absolute Gasteiger partial charge is 0.253 e. The maximum atomic E-state index is 11.8. The number of nitrogens with one attached hydrogen (secondary N) is 1. The summed E-state index contributed by atoms with van der Waals surface area (Å²) in [5.41, 5.74) is 7.90. The van der Waals surface area contributed by atoms with Crippen LogP contribution in [0.5, 0.6) is 0 Å². The summed E-state index contributed by atoms with van der Waals surface area (Å²) in [6.45, 7) is 2.69. The van der Waals surface area contributed by atoms with Gasteiger partial charge in [-0.05, 0) is 37.3 Å². The highest BCUT2D eigenvalue weighted by Crippen LogP contribution is 2.27. The van der Waals surface area contributed by atoms with Crippen LogP contribution < -0.4 is 11.1 Å². The van der Waals surface area contributed by atoms with E-state index in [0.717, 1.165) is 12.1 Å². The van der Waals surface area contributed by atoms with E-state index in [1.807, 2.05) is 19.1 Å². The van der Waals surface area contributed by atoms with E-state index in [-0.39, 0.29) is 5.91 Å². The summed E-state index contributed by atoms with van der Waals surface area (Å²) >= 11 is 0. The lowest BCUT2D eigenvalue weighted by molar-refractivity contribution is 0.0952. The van der Waals surface area contributed by atoms with Crippen molar-refractivity contribution in [2.75, 3.05) is 12.3 Å². The second-order valence-electron chi connectivity index (χ2n) is 4.19. The standard InChI is InChI=1S/C12H16N2O/c1-8-3-2-4-10(13)11(8)12(15)14-7-9-5-6-9/h2-4,9H,5-7,13H2,1H3,(H,14,15). The van der Waals surface area contributed by atoms with E-state index in [0.29, 0.717) is 17.2 Å². The summed E-state index contributed by atoms with van der Waals surface area (Å²) in [6, 6.07) is 5.53. The first-order valence-electron chi connectivity index (χ1n) is 5.32. The van der Waals surface area contributed by atoms with Crippen LogP contribution in [-0.4, -0.2) is 12.5 Å². The molecule has 1 fully saturated rings. The van der Waals surface area contributed by atoms with Gasteiger partial charge in [-0.2, -0.15) is 0 Å². The number of rotatable bonds is 3. The third-order valence-corrected chi connectivity index (χ3v) is 2.78. The lowest BCUT2D eigenvalue weighted by Gasteiger charge is -2.09. The van der Waals surface area contributed by atoms with Gasteiger partial charge in [0, 0.05) is 12.2 Å². The van der Waals surface area contributed by atoms with Crippen LogP contribution in [0.1, 0.15) is 28.8 Å². The van der Waals surface area contributed by atoms with Crippen molar-refractivity contribution < 1.29 is 4.79 Å². The van der Waals surface area contributed by atoms with Gasteiger partial charge in [0.2, 0.25) is 0 Å². The molecule has 0 spiro atoms. The Labute approximate surface area is 89.7 Å². The van der Waals surface area contributed by atoms with Gasteiger partial charge >= 0.3 is 0 Å². The fourth-order valence-corrected chi connectivity index (χ4v) is 1.65. The number of carbonyl (C=O) groups is 1. The zero-order valence-corrected chi connectivity index (χ0v) is 8.92. The molecule has 0 aromatic heterocycles. The molecule has 0 bridgehead atoms. The summed E-state index contributed by atoms with van der Waals surface area (Å²) in [7, 11) is 0. The highest BCUT2D eigenvalue weighted by Gasteiger charge is 2.22. The molecule has 3 nitrogen and oxygen atoms in total. The lowest BCUT2D eigenvalue weighted by atomic mass is 10.1. The van der Waals surface area contributed by atoms with Crippen molar-refractivity contribution >= 4 is 11.6 Å². The van der Waals surface area contributed by atoms with E-state index in [1.165, 1.54) is 12.8 Å². The second kappa shape index (κ2) is 3.93. The number of hydrogen-bond donors (Lipinski definition) is 2. The monoisotopic (exact) mass is 204 g/mol. The van der Waals surface area contributed by atoms with Gasteiger partial charge in [-0.3, -0.25) is 4.79 Å². The number of aryl methyl sites for hydroxylation is 1. The van der Waals surface area contributed by atoms with E-state index in [4.69, 9.17) is 5.73 Å². The summed E-state index contributed by atoms with van der Waals surface area (Å²) in [4.78, 5) is 11.8. The number of carbonyl (C=O) groups excluding carboxylic acids is 1. The van der Waals surface area contributed by atoms with E-state index in [2.05, 4.69) is 5.32 Å². The predicted molar refractivity (Wildman–Crippen MR) is 60.6 cm³/mol. The minimum absolute atomic E-state index is 0.0440. The van der Waals surface area contributed by atoms with Crippen molar-refractivity contribution in [2.45, 2.75) is 19.8 Å². The maximum Gasteiger partial charge on any atom is 0.253 e. The van der Waals surface area contributed by atoms with Crippen LogP contribution in [0.3, 0.4) is 0 Å². The van der Waals surface area contributed by atoms with Crippen LogP contribution in [0.15, 0.2) is 18.2 Å². The van der Waals surface area contributed by atoms with E-state index >= 15 is 0 Å². The van der Waals surface area contributed by atoms with Crippen molar-refractivity contribution in [1.82, 2.24) is 5.32 Å². The molecule has 0 heterocycles. The Kier molecular flexibility index (Phi) is 2.62. The number of amides is 1. The van der Waals surface area contributed by atoms with Gasteiger partial charge in [-0.1, -0.05) is 12.1 Å². The summed E-state index contributed by atoms with van der Waals surface area (Å²) in [5.74, 6) is 0.650. The van der Waals surface area contributed by atoms with Crippen molar-refractivity contribution in [2.24, 2.45) is 5.92 Å². The van der Waals surface area contributed by atoms with Crippen LogP contribution in [-0.2, 0) is 0 Å². The van der Waals surface area contributed by atoms with Gasteiger partial charge < -0.3 is 11.1 Å². The minimum Gasteiger partial charge on any atom is -0.398 e. The third kappa shape index (κ3) is 2.29. The first-order valence-corrected chi connectivity index (χ1v) is 5.32. The van der Waals surface area contributed by atoms with Crippen LogP contribution in [0.4, 0.5) is 5.69 Å². The molecule has 1 aliphatic carbocycles. The normalized spacial score (nSPS) is 15.0. The van der Waals surface area contributed by atoms with Crippen molar-refractivity contribution in [3.05, 3.63) is 29.3 Å². The SMILES string of the molecule is Cc1cccc(N)c1C(=O)NCC1CC1. The van der Waals surface area contributed by atoms with Crippen molar-refractivity contribution in [3.8, 4) is 0 Å². The summed E-state index contributed by atoms with van der Waals surface area (Å²) in [5, 5.41) is 2.92. The fraction of sp³-hybridized carbons (Fsp3) is 0.417. The zero-order chi connectivity index (χ0) is 10.8. The third-order valence-electron chi connectivity index (χ3n) is 2.78. The summed E-state index contributed by atoms with van der Waals surface area (Å²) < 4.78 is 0. The molecule has 1 aliphatic rings. The molecule has 1 saturated carbocycles. The van der Waals surface area contributed by atoms with Gasteiger partial charge in [-0.15, -0.1) is 0 Å². The van der Waals surface area contributed by atoms with Gasteiger partial charge in [0.1, 0.15) is 0 Å². The zero-order valence-electron chi connectivity index (χ0n) is 8.92. The number of hydrogen-bond acceptors (Lipinski definition) is 2. The van der Waals surface area contributed by atoms with Crippen LogP contribution in [0, 0.1) is 12.8 Å². The largest absolute Gasteiger partial charge is 0.398 e. The molecule has 0 aliphatic heterocycles. The molecule has 2 rings (SSSR count). The minimum atomic E-state index is -0.0440. The number of anilines is 1. The van der Waals surface area contributed by atoms with E-state index < -0.39 is 0 Å². The quantitative estimate of drug-likeness (QED) is 0.736. The van der Waals surface area contributed by atoms with Crippen LogP contribution in [0.25, 0.3) is 0 Å². The van der Waals surface area contributed by atoms with Crippen molar-refractivity contribution in [3.63, 3.8) is 0 Å². The Hall–Kier alpha value is -1.51. The lowest BCUT2D eigenvalue weighted by Crippen LogP contribution is -2.27. The first-order chi connectivity index (χ1) is 7.18. The predicted octanol–water partition coefficient (Wildman–Crippen LogP) is 1.72. The average molecular weight is 204 g/mol. The molecule has 0 radical (unpaired) electrons. The maximum absolute atomic E-state index is 11.8. The molecule has 3 heteroatoms. The molecular formula is C12H16N2O. The molecule has 0 atom stereocenters. The van der Waals surface area contributed by atoms with E-state index in [1.54, 1.807) is 6.07 Å². The second-order valence-corrected chi connectivity index (χ2v) is 4.19. The van der Waals surface area contributed by atoms with Gasteiger partial charge in [0.25, 0.3) is 5.91 Å². The first kappa shape index (κ1) is 10.0. The molecule has 1 aromatic rings. The molecular weight excluding hydrogens is 188 g/mol. The van der Waals surface area contributed by atoms with Crippen LogP contribution >= 0.6 is 0 Å².